The van der Waals surface area contributed by atoms with E-state index < -0.39 is 11.9 Å². The van der Waals surface area contributed by atoms with Crippen LogP contribution in [-0.4, -0.2) is 35.5 Å². The average molecular weight is 463 g/mol. The summed E-state index contributed by atoms with van der Waals surface area (Å²) in [5, 5.41) is 20.2. The van der Waals surface area contributed by atoms with Crippen molar-refractivity contribution >= 4 is 66.9 Å². The van der Waals surface area contributed by atoms with Crippen molar-refractivity contribution in [3.8, 4) is 5.75 Å². The van der Waals surface area contributed by atoms with E-state index in [9.17, 15) is 14.7 Å². The van der Waals surface area contributed by atoms with Crippen LogP contribution in [0.3, 0.4) is 0 Å². The molecule has 1 aliphatic heterocycles. The average Bonchev–Trinajstić information content (AvgIpc) is 2.84. The van der Waals surface area contributed by atoms with Gasteiger partial charge in [-0.15, -0.1) is 5.10 Å². The zero-order valence-corrected chi connectivity index (χ0v) is 15.5. The number of carbonyl (C=O) groups excluding carboxylic acids is 2. The van der Waals surface area contributed by atoms with Crippen molar-refractivity contribution in [3.63, 3.8) is 0 Å². The summed E-state index contributed by atoms with van der Waals surface area (Å²) in [7, 11) is 1.22. The molecule has 7 nitrogen and oxygen atoms in total. The largest absolute Gasteiger partial charge is 0.506 e. The molecule has 1 aromatic rings. The molecule has 1 fully saturated rings. The molecular weight excluding hydrogens is 454 g/mol. The Balaban J connectivity index is 2.14. The fourth-order valence-corrected chi connectivity index (χ4v) is 3.47. The lowest BCUT2D eigenvalue weighted by molar-refractivity contribution is -0.135. The summed E-state index contributed by atoms with van der Waals surface area (Å²) in [6.45, 7) is 0. The van der Waals surface area contributed by atoms with E-state index in [1.807, 2.05) is 0 Å². The Labute approximate surface area is 152 Å². The topological polar surface area (TPSA) is 100 Å². The third kappa shape index (κ3) is 4.66. The zero-order chi connectivity index (χ0) is 17.0. The number of nitrogens with zero attached hydrogens (tertiary/aromatic N) is 2. The van der Waals surface area contributed by atoms with Gasteiger partial charge in [-0.25, -0.2) is 4.79 Å². The number of amides is 1. The van der Waals surface area contributed by atoms with Crippen LogP contribution in [-0.2, 0) is 14.3 Å². The first-order chi connectivity index (χ1) is 10.9. The maximum atomic E-state index is 11.6. The van der Waals surface area contributed by atoms with Gasteiger partial charge >= 0.3 is 5.97 Å². The number of hydrogen-bond donors (Lipinski definition) is 2. The van der Waals surface area contributed by atoms with Gasteiger partial charge in [0.15, 0.2) is 5.17 Å². The molecule has 2 N–H and O–H groups in total. The minimum Gasteiger partial charge on any atom is -0.506 e. The van der Waals surface area contributed by atoms with Gasteiger partial charge in [0.05, 0.1) is 22.7 Å². The normalized spacial score (nSPS) is 18.0. The molecule has 0 radical (unpaired) electrons. The van der Waals surface area contributed by atoms with Gasteiger partial charge in [0, 0.05) is 16.1 Å². The number of thioether (sulfide) groups is 1. The van der Waals surface area contributed by atoms with Crippen molar-refractivity contribution in [3.05, 3.63) is 37.6 Å². The predicted octanol–water partition coefficient (Wildman–Crippen LogP) is 2.53. The first-order valence-corrected chi connectivity index (χ1v) is 8.39. The maximum Gasteiger partial charge on any atom is 0.331 e. The van der Waals surface area contributed by atoms with E-state index in [4.69, 9.17) is 0 Å². The van der Waals surface area contributed by atoms with Crippen LogP contribution >= 0.6 is 43.6 Å². The summed E-state index contributed by atoms with van der Waals surface area (Å²) >= 11 is 7.47. The Morgan fingerprint density at radius 3 is 2.87 bits per heavy atom. The molecule has 10 heteroatoms. The molecular formula is C13H9Br2N3O4S. The minimum absolute atomic E-state index is 0.0199. The summed E-state index contributed by atoms with van der Waals surface area (Å²) in [6.07, 6.45) is 2.41. The lowest BCUT2D eigenvalue weighted by Crippen LogP contribution is -2.19. The highest BCUT2D eigenvalue weighted by Gasteiger charge is 2.25. The predicted molar refractivity (Wildman–Crippen MR) is 94.4 cm³/mol. The van der Waals surface area contributed by atoms with Gasteiger partial charge in [-0.05, 0) is 39.8 Å². The van der Waals surface area contributed by atoms with Gasteiger partial charge in [0.2, 0.25) is 0 Å². The van der Waals surface area contributed by atoms with E-state index in [0.29, 0.717) is 10.0 Å². The lowest BCUT2D eigenvalue weighted by Gasteiger charge is -2.01. The molecule has 1 aliphatic rings. The van der Waals surface area contributed by atoms with Gasteiger partial charge in [-0.2, -0.15) is 5.10 Å². The first-order valence-electron chi connectivity index (χ1n) is 5.98. The van der Waals surface area contributed by atoms with Crippen molar-refractivity contribution < 1.29 is 19.4 Å². The smallest absolute Gasteiger partial charge is 0.331 e. The van der Waals surface area contributed by atoms with Crippen molar-refractivity contribution in [2.45, 2.75) is 0 Å². The number of methoxy groups -OCH3 is 1. The number of hydrogen-bond acceptors (Lipinski definition) is 7. The Kier molecular flexibility index (Phi) is 5.97. The number of ether oxygens (including phenoxy) is 1. The zero-order valence-electron chi connectivity index (χ0n) is 11.5. The van der Waals surface area contributed by atoms with Crippen LogP contribution in [0.5, 0.6) is 5.75 Å². The number of amidine groups is 1. The lowest BCUT2D eigenvalue weighted by atomic mass is 10.2. The van der Waals surface area contributed by atoms with Crippen LogP contribution in [0.25, 0.3) is 0 Å². The Morgan fingerprint density at radius 1 is 1.43 bits per heavy atom. The number of phenols is 1. The van der Waals surface area contributed by atoms with Crippen LogP contribution < -0.4 is 5.32 Å². The molecule has 0 atom stereocenters. The third-order valence-electron chi connectivity index (χ3n) is 2.50. The fourth-order valence-electron chi connectivity index (χ4n) is 1.47. The third-order valence-corrected chi connectivity index (χ3v) is 4.47. The number of aromatic hydroxyl groups is 1. The quantitative estimate of drug-likeness (QED) is 0.311. The summed E-state index contributed by atoms with van der Waals surface area (Å²) < 4.78 is 5.72. The van der Waals surface area contributed by atoms with Crippen LogP contribution in [0.2, 0.25) is 0 Å². The van der Waals surface area contributed by atoms with Crippen LogP contribution in [0.15, 0.2) is 42.3 Å². The second-order valence-corrected chi connectivity index (χ2v) is 6.86. The van der Waals surface area contributed by atoms with Gasteiger partial charge in [0.25, 0.3) is 5.91 Å². The van der Waals surface area contributed by atoms with Crippen LogP contribution in [0.1, 0.15) is 5.56 Å². The highest BCUT2D eigenvalue weighted by Crippen LogP contribution is 2.30. The van der Waals surface area contributed by atoms with E-state index in [0.717, 1.165) is 22.3 Å². The molecule has 1 aromatic carbocycles. The molecule has 1 heterocycles. The SMILES string of the molecule is COC(=O)/C=C1/S/C(=N\N=Cc2cc(Br)cc(Br)c2O)NC1=O. The molecule has 0 saturated carbocycles. The van der Waals surface area contributed by atoms with Crippen LogP contribution in [0, 0.1) is 0 Å². The molecule has 0 aromatic heterocycles. The van der Waals surface area contributed by atoms with Crippen LogP contribution in [0.4, 0.5) is 0 Å². The minimum atomic E-state index is -0.628. The van der Waals surface area contributed by atoms with Gasteiger partial charge < -0.3 is 9.84 Å². The molecule has 0 aliphatic carbocycles. The van der Waals surface area contributed by atoms with Gasteiger partial charge in [-0.3, -0.25) is 10.1 Å². The van der Waals surface area contributed by atoms with Gasteiger partial charge in [-0.1, -0.05) is 15.9 Å². The summed E-state index contributed by atoms with van der Waals surface area (Å²) in [5.41, 5.74) is 0.440. The number of carbonyl (C=O) groups is 2. The molecule has 120 valence electrons. The van der Waals surface area contributed by atoms with E-state index in [2.05, 4.69) is 52.1 Å². The summed E-state index contributed by atoms with van der Waals surface area (Å²) in [6, 6.07) is 3.35. The van der Waals surface area contributed by atoms with Gasteiger partial charge in [0.1, 0.15) is 5.75 Å². The maximum absolute atomic E-state index is 11.6. The molecule has 0 spiro atoms. The molecule has 2 rings (SSSR count). The number of phenolic OH excluding ortho intramolecular Hbond substituents is 1. The summed E-state index contributed by atoms with van der Waals surface area (Å²) in [5.74, 6) is -1.06. The molecule has 23 heavy (non-hydrogen) atoms. The van der Waals surface area contributed by atoms with E-state index in [1.54, 1.807) is 12.1 Å². The summed E-state index contributed by atoms with van der Waals surface area (Å²) in [4.78, 5) is 22.9. The molecule has 1 saturated heterocycles. The first kappa shape index (κ1) is 17.7. The van der Waals surface area contributed by atoms with Crippen molar-refractivity contribution in [2.24, 2.45) is 10.2 Å². The van der Waals surface area contributed by atoms with E-state index >= 15 is 0 Å². The number of halogens is 2. The monoisotopic (exact) mass is 461 g/mol. The Morgan fingerprint density at radius 2 is 2.17 bits per heavy atom. The highest BCUT2D eigenvalue weighted by atomic mass is 79.9. The number of rotatable bonds is 3. The highest BCUT2D eigenvalue weighted by molar-refractivity contribution is 9.11. The molecule has 1 amide bonds. The Hall–Kier alpha value is -1.65. The fraction of sp³-hybridized carbons (Fsp3) is 0.0769. The molecule has 0 bridgehead atoms. The second-order valence-electron chi connectivity index (χ2n) is 4.06. The Bertz CT molecular complexity index is 762. The standard InChI is InChI=1S/C13H9Br2N3O4S/c1-22-10(19)4-9-12(21)17-13(23-9)18-16-5-6-2-7(14)3-8(15)11(6)20/h2-5,20H,1H3,(H,17,18,21)/b9-4+,16-5?. The van der Waals surface area contributed by atoms with Crippen molar-refractivity contribution in [2.75, 3.05) is 7.11 Å². The van der Waals surface area contributed by atoms with Crippen molar-refractivity contribution in [1.82, 2.24) is 5.32 Å². The number of esters is 1. The van der Waals surface area contributed by atoms with E-state index in [-0.39, 0.29) is 15.8 Å². The van der Waals surface area contributed by atoms with E-state index in [1.165, 1.54) is 13.3 Å². The van der Waals surface area contributed by atoms with Crippen molar-refractivity contribution in [1.29, 1.82) is 0 Å². The molecule has 0 unspecified atom stereocenters. The number of benzene rings is 1. The second kappa shape index (κ2) is 7.75. The number of nitrogens with one attached hydrogen (secondary N) is 1.